The van der Waals surface area contributed by atoms with Gasteiger partial charge in [0, 0.05) is 32.7 Å². The van der Waals surface area contributed by atoms with Crippen molar-refractivity contribution < 1.29 is 14.0 Å². The van der Waals surface area contributed by atoms with E-state index < -0.39 is 0 Å². The summed E-state index contributed by atoms with van der Waals surface area (Å²) < 4.78 is 5.26. The van der Waals surface area contributed by atoms with E-state index in [1.54, 1.807) is 12.1 Å². The molecule has 0 bridgehead atoms. The third kappa shape index (κ3) is 4.75. The van der Waals surface area contributed by atoms with Crippen LogP contribution in [0.15, 0.2) is 47.1 Å². The Bertz CT molecular complexity index is 850. The smallest absolute Gasteiger partial charge is 0.289 e. The number of nitrogens with zero attached hydrogens (tertiary/aromatic N) is 2. The molecule has 1 aliphatic carbocycles. The maximum Gasteiger partial charge on any atom is 0.289 e. The molecule has 6 nitrogen and oxygen atoms in total. The number of aryl methyl sites for hydroxylation is 1. The molecule has 1 saturated carbocycles. The van der Waals surface area contributed by atoms with E-state index in [0.29, 0.717) is 44.4 Å². The van der Waals surface area contributed by atoms with Crippen molar-refractivity contribution in [2.24, 2.45) is 5.92 Å². The summed E-state index contributed by atoms with van der Waals surface area (Å²) in [5.74, 6) is 0.830. The maximum atomic E-state index is 13.2. The molecule has 1 aliphatic heterocycles. The molecule has 2 amide bonds. The average molecular weight is 410 g/mol. The number of carbonyl (C=O) groups is 2. The molecule has 1 saturated heterocycles. The third-order valence-corrected chi connectivity index (χ3v) is 6.39. The molecule has 6 heteroatoms. The fourth-order valence-electron chi connectivity index (χ4n) is 4.83. The molecule has 160 valence electrons. The summed E-state index contributed by atoms with van der Waals surface area (Å²) in [6.45, 7) is 5.29. The van der Waals surface area contributed by atoms with Crippen molar-refractivity contribution in [2.45, 2.75) is 45.2 Å². The molecule has 0 radical (unpaired) electrons. The summed E-state index contributed by atoms with van der Waals surface area (Å²) in [6, 6.07) is 11.6. The largest absolute Gasteiger partial charge is 0.459 e. The van der Waals surface area contributed by atoms with Gasteiger partial charge in [0.1, 0.15) is 0 Å². The van der Waals surface area contributed by atoms with Crippen LogP contribution in [-0.2, 0) is 11.3 Å². The van der Waals surface area contributed by atoms with Gasteiger partial charge in [-0.1, -0.05) is 42.7 Å². The van der Waals surface area contributed by atoms with E-state index >= 15 is 0 Å². The summed E-state index contributed by atoms with van der Waals surface area (Å²) in [6.07, 6.45) is 6.13. The summed E-state index contributed by atoms with van der Waals surface area (Å²) in [5, 5.41) is 3.18. The zero-order valence-corrected chi connectivity index (χ0v) is 17.7. The van der Waals surface area contributed by atoms with Crippen LogP contribution in [-0.4, -0.2) is 53.8 Å². The predicted octanol–water partition coefficient (Wildman–Crippen LogP) is 3.22. The zero-order chi connectivity index (χ0) is 20.9. The Morgan fingerprint density at radius 1 is 1.10 bits per heavy atom. The fourth-order valence-corrected chi connectivity index (χ4v) is 4.83. The van der Waals surface area contributed by atoms with Crippen LogP contribution in [0.4, 0.5) is 0 Å². The second-order valence-electron chi connectivity index (χ2n) is 8.50. The highest BCUT2D eigenvalue weighted by molar-refractivity contribution is 5.91. The number of hydrogen-bond donors (Lipinski definition) is 1. The van der Waals surface area contributed by atoms with E-state index in [0.717, 1.165) is 18.4 Å². The quantitative estimate of drug-likeness (QED) is 0.796. The number of piperazine rings is 1. The SMILES string of the molecule is Cc1cccc(CNC(=O)C(C2CCCC2)N2CCN(C(=O)c3ccco3)CC2)c1. The van der Waals surface area contributed by atoms with Crippen molar-refractivity contribution in [3.63, 3.8) is 0 Å². The lowest BCUT2D eigenvalue weighted by Gasteiger charge is -2.40. The van der Waals surface area contributed by atoms with Gasteiger partial charge in [-0.2, -0.15) is 0 Å². The Morgan fingerprint density at radius 3 is 2.53 bits per heavy atom. The molecule has 4 rings (SSSR count). The molecular formula is C24H31N3O3. The first-order valence-corrected chi connectivity index (χ1v) is 11.0. The highest BCUT2D eigenvalue weighted by Gasteiger charge is 2.37. The first kappa shape index (κ1) is 20.7. The molecule has 2 aliphatic rings. The lowest BCUT2D eigenvalue weighted by atomic mass is 9.94. The van der Waals surface area contributed by atoms with Gasteiger partial charge in [0.15, 0.2) is 5.76 Å². The number of carbonyl (C=O) groups excluding carboxylic acids is 2. The van der Waals surface area contributed by atoms with E-state index in [1.165, 1.54) is 24.7 Å². The molecule has 2 fully saturated rings. The molecule has 1 aromatic carbocycles. The normalized spacial score (nSPS) is 19.0. The van der Waals surface area contributed by atoms with Crippen LogP contribution < -0.4 is 5.32 Å². The van der Waals surface area contributed by atoms with Crippen LogP contribution in [0.25, 0.3) is 0 Å². The van der Waals surface area contributed by atoms with Gasteiger partial charge in [-0.25, -0.2) is 0 Å². The monoisotopic (exact) mass is 409 g/mol. The van der Waals surface area contributed by atoms with Crippen LogP contribution in [0.5, 0.6) is 0 Å². The summed E-state index contributed by atoms with van der Waals surface area (Å²) >= 11 is 0. The summed E-state index contributed by atoms with van der Waals surface area (Å²) in [7, 11) is 0. The molecule has 1 atom stereocenters. The first-order chi connectivity index (χ1) is 14.6. The second kappa shape index (κ2) is 9.47. The van der Waals surface area contributed by atoms with Gasteiger partial charge in [0.25, 0.3) is 5.91 Å². The molecule has 30 heavy (non-hydrogen) atoms. The minimum atomic E-state index is -0.113. The van der Waals surface area contributed by atoms with E-state index in [2.05, 4.69) is 35.3 Å². The van der Waals surface area contributed by atoms with Crippen molar-refractivity contribution >= 4 is 11.8 Å². The number of benzene rings is 1. The van der Waals surface area contributed by atoms with Gasteiger partial charge < -0.3 is 14.6 Å². The van der Waals surface area contributed by atoms with E-state index in [1.807, 2.05) is 11.0 Å². The number of furan rings is 1. The Hall–Kier alpha value is -2.60. The van der Waals surface area contributed by atoms with Crippen molar-refractivity contribution in [3.8, 4) is 0 Å². The minimum Gasteiger partial charge on any atom is -0.459 e. The third-order valence-electron chi connectivity index (χ3n) is 6.39. The van der Waals surface area contributed by atoms with E-state index in [4.69, 9.17) is 4.42 Å². The number of nitrogens with one attached hydrogen (secondary N) is 1. The fraction of sp³-hybridized carbons (Fsp3) is 0.500. The molecule has 0 spiro atoms. The van der Waals surface area contributed by atoms with Crippen LogP contribution in [0, 0.1) is 12.8 Å². The van der Waals surface area contributed by atoms with Crippen LogP contribution >= 0.6 is 0 Å². The molecule has 1 N–H and O–H groups in total. The van der Waals surface area contributed by atoms with Gasteiger partial charge in [0.05, 0.1) is 12.3 Å². The number of rotatable bonds is 6. The highest BCUT2D eigenvalue weighted by atomic mass is 16.3. The Balaban J connectivity index is 1.38. The van der Waals surface area contributed by atoms with Crippen molar-refractivity contribution in [1.82, 2.24) is 15.1 Å². The zero-order valence-electron chi connectivity index (χ0n) is 17.7. The van der Waals surface area contributed by atoms with E-state index in [-0.39, 0.29) is 17.9 Å². The Labute approximate surface area is 178 Å². The van der Waals surface area contributed by atoms with Gasteiger partial charge in [-0.15, -0.1) is 0 Å². The molecular weight excluding hydrogens is 378 g/mol. The predicted molar refractivity (Wildman–Crippen MR) is 115 cm³/mol. The average Bonchev–Trinajstić information content (AvgIpc) is 3.47. The van der Waals surface area contributed by atoms with Gasteiger partial charge in [-0.3, -0.25) is 14.5 Å². The van der Waals surface area contributed by atoms with Crippen molar-refractivity contribution in [2.75, 3.05) is 26.2 Å². The van der Waals surface area contributed by atoms with E-state index in [9.17, 15) is 9.59 Å². The lowest BCUT2D eigenvalue weighted by molar-refractivity contribution is -0.129. The van der Waals surface area contributed by atoms with Gasteiger partial charge in [0.2, 0.25) is 5.91 Å². The second-order valence-corrected chi connectivity index (χ2v) is 8.50. The summed E-state index contributed by atoms with van der Waals surface area (Å²) in [4.78, 5) is 29.9. The van der Waals surface area contributed by atoms with Crippen molar-refractivity contribution in [3.05, 3.63) is 59.5 Å². The lowest BCUT2D eigenvalue weighted by Crippen LogP contribution is -2.57. The Morgan fingerprint density at radius 2 is 1.87 bits per heavy atom. The van der Waals surface area contributed by atoms with Crippen LogP contribution in [0.1, 0.15) is 47.4 Å². The van der Waals surface area contributed by atoms with Gasteiger partial charge >= 0.3 is 0 Å². The standard InChI is InChI=1S/C24H31N3O3/c1-18-6-4-7-19(16-18)17-25-23(28)22(20-8-2-3-9-20)26-11-13-27(14-12-26)24(29)21-10-5-15-30-21/h4-7,10,15-16,20,22H,2-3,8-9,11-14,17H2,1H3,(H,25,28). The van der Waals surface area contributed by atoms with Crippen molar-refractivity contribution in [1.29, 1.82) is 0 Å². The Kier molecular flexibility index (Phi) is 6.53. The first-order valence-electron chi connectivity index (χ1n) is 11.0. The molecule has 2 aromatic rings. The van der Waals surface area contributed by atoms with Crippen LogP contribution in [0.3, 0.4) is 0 Å². The van der Waals surface area contributed by atoms with Gasteiger partial charge in [-0.05, 0) is 43.4 Å². The maximum absolute atomic E-state index is 13.2. The molecule has 2 heterocycles. The minimum absolute atomic E-state index is 0.0686. The number of hydrogen-bond acceptors (Lipinski definition) is 4. The topological polar surface area (TPSA) is 65.8 Å². The summed E-state index contributed by atoms with van der Waals surface area (Å²) in [5.41, 5.74) is 2.33. The highest BCUT2D eigenvalue weighted by Crippen LogP contribution is 2.31. The molecule has 1 unspecified atom stereocenters. The molecule has 1 aromatic heterocycles. The van der Waals surface area contributed by atoms with Crippen LogP contribution in [0.2, 0.25) is 0 Å². The number of amides is 2.